The van der Waals surface area contributed by atoms with Crippen molar-refractivity contribution in [3.8, 4) is 17.6 Å². The van der Waals surface area contributed by atoms with Crippen LogP contribution >= 0.6 is 0 Å². The SMILES string of the molecule is C[C@@H](O)c1ccc(Oc2cccc(F)c2C#N)cc1. The Labute approximate surface area is 110 Å². The normalized spacial score (nSPS) is 11.7. The minimum atomic E-state index is -0.611. The average molecular weight is 257 g/mol. The maximum atomic E-state index is 13.4. The van der Waals surface area contributed by atoms with Gasteiger partial charge in [-0.15, -0.1) is 0 Å². The zero-order valence-electron chi connectivity index (χ0n) is 10.3. The molecular weight excluding hydrogens is 245 g/mol. The second kappa shape index (κ2) is 5.51. The molecule has 2 aromatic carbocycles. The summed E-state index contributed by atoms with van der Waals surface area (Å²) in [5.74, 6) is 0.0411. The van der Waals surface area contributed by atoms with Crippen molar-refractivity contribution in [2.45, 2.75) is 13.0 Å². The number of hydrogen-bond donors (Lipinski definition) is 1. The molecule has 0 fully saturated rings. The van der Waals surface area contributed by atoms with Gasteiger partial charge in [0, 0.05) is 0 Å². The summed E-state index contributed by atoms with van der Waals surface area (Å²) in [6.45, 7) is 1.66. The van der Waals surface area contributed by atoms with E-state index in [1.807, 2.05) is 0 Å². The van der Waals surface area contributed by atoms with E-state index in [1.165, 1.54) is 18.2 Å². The Morgan fingerprint density at radius 3 is 2.47 bits per heavy atom. The summed E-state index contributed by atoms with van der Waals surface area (Å²) in [6, 6.07) is 12.7. The first kappa shape index (κ1) is 13.1. The van der Waals surface area contributed by atoms with Gasteiger partial charge in [-0.2, -0.15) is 5.26 Å². The number of hydrogen-bond acceptors (Lipinski definition) is 3. The quantitative estimate of drug-likeness (QED) is 0.914. The van der Waals surface area contributed by atoms with Gasteiger partial charge < -0.3 is 9.84 Å². The number of benzene rings is 2. The molecule has 0 amide bonds. The van der Waals surface area contributed by atoms with E-state index in [2.05, 4.69) is 0 Å². The standard InChI is InChI=1S/C15H12FNO2/c1-10(18)11-5-7-12(8-6-11)19-15-4-2-3-14(16)13(15)9-17/h2-8,10,18H,1H3/t10-/m1/s1. The first-order valence-electron chi connectivity index (χ1n) is 5.76. The Morgan fingerprint density at radius 2 is 1.89 bits per heavy atom. The van der Waals surface area contributed by atoms with Gasteiger partial charge in [0.25, 0.3) is 0 Å². The monoisotopic (exact) mass is 257 g/mol. The Kier molecular flexibility index (Phi) is 3.79. The van der Waals surface area contributed by atoms with Gasteiger partial charge in [0.1, 0.15) is 28.9 Å². The molecule has 0 aromatic heterocycles. The van der Waals surface area contributed by atoms with Crippen molar-refractivity contribution in [1.82, 2.24) is 0 Å². The highest BCUT2D eigenvalue weighted by Gasteiger charge is 2.10. The van der Waals surface area contributed by atoms with E-state index in [0.717, 1.165) is 5.56 Å². The van der Waals surface area contributed by atoms with Gasteiger partial charge in [-0.1, -0.05) is 18.2 Å². The van der Waals surface area contributed by atoms with Crippen LogP contribution in [0.4, 0.5) is 4.39 Å². The molecule has 0 spiro atoms. The van der Waals surface area contributed by atoms with Crippen LogP contribution < -0.4 is 4.74 Å². The van der Waals surface area contributed by atoms with Crippen molar-refractivity contribution in [2.75, 3.05) is 0 Å². The van der Waals surface area contributed by atoms with Crippen LogP contribution in [0.5, 0.6) is 11.5 Å². The third kappa shape index (κ3) is 2.90. The summed E-state index contributed by atoms with van der Waals surface area (Å²) in [6.07, 6.45) is -0.558. The lowest BCUT2D eigenvalue weighted by molar-refractivity contribution is 0.199. The smallest absolute Gasteiger partial charge is 0.148 e. The summed E-state index contributed by atoms with van der Waals surface area (Å²) in [7, 11) is 0. The lowest BCUT2D eigenvalue weighted by atomic mass is 10.1. The van der Waals surface area contributed by atoms with Gasteiger partial charge in [0.05, 0.1) is 6.10 Å². The highest BCUT2D eigenvalue weighted by atomic mass is 19.1. The van der Waals surface area contributed by atoms with Crippen LogP contribution in [0.1, 0.15) is 24.2 Å². The van der Waals surface area contributed by atoms with Crippen molar-refractivity contribution in [2.24, 2.45) is 0 Å². The van der Waals surface area contributed by atoms with Crippen molar-refractivity contribution in [3.05, 3.63) is 59.4 Å². The van der Waals surface area contributed by atoms with Crippen molar-refractivity contribution in [3.63, 3.8) is 0 Å². The minimum absolute atomic E-state index is 0.123. The molecule has 4 heteroatoms. The third-order valence-corrected chi connectivity index (χ3v) is 2.68. The van der Waals surface area contributed by atoms with Crippen LogP contribution in [-0.2, 0) is 0 Å². The minimum Gasteiger partial charge on any atom is -0.456 e. The van der Waals surface area contributed by atoms with E-state index in [-0.39, 0.29) is 11.3 Å². The van der Waals surface area contributed by atoms with E-state index < -0.39 is 11.9 Å². The molecule has 0 aliphatic heterocycles. The second-order valence-corrected chi connectivity index (χ2v) is 4.07. The molecule has 0 saturated heterocycles. The molecule has 0 aliphatic rings. The van der Waals surface area contributed by atoms with Gasteiger partial charge in [-0.05, 0) is 36.8 Å². The molecule has 0 heterocycles. The van der Waals surface area contributed by atoms with E-state index in [4.69, 9.17) is 10.00 Å². The molecule has 3 nitrogen and oxygen atoms in total. The fourth-order valence-corrected chi connectivity index (χ4v) is 1.64. The molecule has 0 saturated carbocycles. The number of nitriles is 1. The van der Waals surface area contributed by atoms with Crippen LogP contribution in [0.2, 0.25) is 0 Å². The number of ether oxygens (including phenoxy) is 1. The summed E-state index contributed by atoms with van der Waals surface area (Å²) < 4.78 is 18.9. The van der Waals surface area contributed by atoms with Gasteiger partial charge in [0.15, 0.2) is 0 Å². The fraction of sp³-hybridized carbons (Fsp3) is 0.133. The Hall–Kier alpha value is -2.38. The summed E-state index contributed by atoms with van der Waals surface area (Å²) >= 11 is 0. The van der Waals surface area contributed by atoms with Gasteiger partial charge in [0.2, 0.25) is 0 Å². The topological polar surface area (TPSA) is 53.2 Å². The van der Waals surface area contributed by atoms with E-state index in [1.54, 1.807) is 37.3 Å². The predicted octanol–water partition coefficient (Wildman–Crippen LogP) is 3.54. The highest BCUT2D eigenvalue weighted by molar-refractivity contribution is 5.46. The van der Waals surface area contributed by atoms with Crippen LogP contribution in [-0.4, -0.2) is 5.11 Å². The van der Waals surface area contributed by atoms with Crippen LogP contribution in [0.15, 0.2) is 42.5 Å². The Bertz CT molecular complexity index is 615. The summed E-state index contributed by atoms with van der Waals surface area (Å²) in [4.78, 5) is 0. The molecule has 0 unspecified atom stereocenters. The molecule has 96 valence electrons. The fourth-order valence-electron chi connectivity index (χ4n) is 1.64. The molecule has 0 aliphatic carbocycles. The molecule has 0 radical (unpaired) electrons. The molecule has 2 aromatic rings. The molecule has 1 N–H and O–H groups in total. The lowest BCUT2D eigenvalue weighted by Gasteiger charge is -2.09. The lowest BCUT2D eigenvalue weighted by Crippen LogP contribution is -1.93. The third-order valence-electron chi connectivity index (χ3n) is 2.68. The van der Waals surface area contributed by atoms with Crippen molar-refractivity contribution < 1.29 is 14.2 Å². The van der Waals surface area contributed by atoms with Gasteiger partial charge >= 0.3 is 0 Å². The summed E-state index contributed by atoms with van der Waals surface area (Å²) in [5, 5.41) is 18.3. The maximum absolute atomic E-state index is 13.4. The average Bonchev–Trinajstić information content (AvgIpc) is 2.39. The number of halogens is 1. The Morgan fingerprint density at radius 1 is 1.21 bits per heavy atom. The van der Waals surface area contributed by atoms with Crippen LogP contribution in [0.25, 0.3) is 0 Å². The second-order valence-electron chi connectivity index (χ2n) is 4.07. The molecule has 0 bridgehead atoms. The first-order valence-corrected chi connectivity index (χ1v) is 5.76. The summed E-state index contributed by atoms with van der Waals surface area (Å²) in [5.41, 5.74) is 0.634. The highest BCUT2D eigenvalue weighted by Crippen LogP contribution is 2.27. The number of aliphatic hydroxyl groups excluding tert-OH is 1. The zero-order chi connectivity index (χ0) is 13.8. The Balaban J connectivity index is 2.27. The zero-order valence-corrected chi connectivity index (χ0v) is 10.3. The largest absolute Gasteiger partial charge is 0.456 e. The predicted molar refractivity (Wildman–Crippen MR) is 68.3 cm³/mol. The maximum Gasteiger partial charge on any atom is 0.148 e. The first-order chi connectivity index (χ1) is 9.11. The molecular formula is C15H12FNO2. The van der Waals surface area contributed by atoms with E-state index in [9.17, 15) is 9.50 Å². The number of rotatable bonds is 3. The van der Waals surface area contributed by atoms with Crippen molar-refractivity contribution >= 4 is 0 Å². The number of aliphatic hydroxyl groups is 1. The van der Waals surface area contributed by atoms with Crippen molar-refractivity contribution in [1.29, 1.82) is 5.26 Å². The number of nitrogens with zero attached hydrogens (tertiary/aromatic N) is 1. The molecule has 19 heavy (non-hydrogen) atoms. The van der Waals surface area contributed by atoms with Gasteiger partial charge in [-0.25, -0.2) is 4.39 Å². The van der Waals surface area contributed by atoms with E-state index >= 15 is 0 Å². The molecule has 1 atom stereocenters. The van der Waals surface area contributed by atoms with E-state index in [0.29, 0.717) is 5.75 Å². The van der Waals surface area contributed by atoms with Crippen LogP contribution in [0.3, 0.4) is 0 Å². The van der Waals surface area contributed by atoms with Gasteiger partial charge in [-0.3, -0.25) is 0 Å². The molecule has 2 rings (SSSR count). The van der Waals surface area contributed by atoms with Crippen LogP contribution in [0, 0.1) is 17.1 Å².